The molecule has 5 nitrogen and oxygen atoms in total. The van der Waals surface area contributed by atoms with Gasteiger partial charge in [-0.25, -0.2) is 4.39 Å². The Morgan fingerprint density at radius 2 is 1.93 bits per heavy atom. The number of nitrogens with zero attached hydrogens (tertiary/aromatic N) is 2. The standard InChI is InChI=1S/C18H14F4N2O3/c1-27-12-6-4-5-11(9-12)15-10-17(26,18(20,21)22)24(23-15)16(25)13-7-2-3-8-14(13)19/h2-9,26H,10H2,1H3/t17-/m0/s1. The topological polar surface area (TPSA) is 62.1 Å². The minimum Gasteiger partial charge on any atom is -0.497 e. The SMILES string of the molecule is COc1cccc(C2=NN(C(=O)c3ccccc3F)[C@@](O)(C(F)(F)F)C2)c1. The fraction of sp³-hybridized carbons (Fsp3) is 0.222. The maximum absolute atomic E-state index is 13.9. The molecule has 0 bridgehead atoms. The average Bonchev–Trinajstić information content (AvgIpc) is 3.00. The summed E-state index contributed by atoms with van der Waals surface area (Å²) in [7, 11) is 1.38. The van der Waals surface area contributed by atoms with Gasteiger partial charge in [0.15, 0.2) is 0 Å². The van der Waals surface area contributed by atoms with Crippen molar-refractivity contribution in [1.29, 1.82) is 0 Å². The van der Waals surface area contributed by atoms with Gasteiger partial charge in [0.05, 0.1) is 24.8 Å². The zero-order chi connectivity index (χ0) is 19.8. The van der Waals surface area contributed by atoms with E-state index in [2.05, 4.69) is 5.10 Å². The highest BCUT2D eigenvalue weighted by atomic mass is 19.4. The van der Waals surface area contributed by atoms with Crippen LogP contribution in [-0.2, 0) is 0 Å². The summed E-state index contributed by atoms with van der Waals surface area (Å²) in [5, 5.41) is 13.8. The van der Waals surface area contributed by atoms with E-state index in [9.17, 15) is 27.5 Å². The fourth-order valence-corrected chi connectivity index (χ4v) is 2.69. The van der Waals surface area contributed by atoms with E-state index in [0.717, 1.165) is 12.1 Å². The Labute approximate surface area is 151 Å². The number of alkyl halides is 3. The van der Waals surface area contributed by atoms with E-state index in [1.807, 2.05) is 0 Å². The lowest BCUT2D eigenvalue weighted by molar-refractivity contribution is -0.297. The van der Waals surface area contributed by atoms with E-state index < -0.39 is 35.6 Å². The predicted molar refractivity (Wildman–Crippen MR) is 87.7 cm³/mol. The van der Waals surface area contributed by atoms with E-state index in [1.54, 1.807) is 6.07 Å². The summed E-state index contributed by atoms with van der Waals surface area (Å²) >= 11 is 0. The van der Waals surface area contributed by atoms with Gasteiger partial charge in [-0.3, -0.25) is 4.79 Å². The molecule has 1 atom stereocenters. The molecule has 1 aliphatic rings. The first kappa shape index (κ1) is 18.8. The first-order valence-electron chi connectivity index (χ1n) is 7.77. The molecule has 0 saturated heterocycles. The normalized spacial score (nSPS) is 19.8. The Morgan fingerprint density at radius 3 is 2.56 bits per heavy atom. The van der Waals surface area contributed by atoms with Gasteiger partial charge in [0.1, 0.15) is 11.6 Å². The van der Waals surface area contributed by atoms with Crippen molar-refractivity contribution in [2.75, 3.05) is 7.11 Å². The molecule has 0 spiro atoms. The highest BCUT2D eigenvalue weighted by molar-refractivity contribution is 6.05. The molecule has 0 aromatic heterocycles. The number of rotatable bonds is 3. The Balaban J connectivity index is 2.08. The zero-order valence-corrected chi connectivity index (χ0v) is 14.0. The zero-order valence-electron chi connectivity index (χ0n) is 14.0. The van der Waals surface area contributed by atoms with Crippen LogP contribution in [0.5, 0.6) is 5.75 Å². The molecule has 27 heavy (non-hydrogen) atoms. The molecule has 2 aromatic rings. The minimum absolute atomic E-state index is 0.111. The Hall–Kier alpha value is -2.94. The van der Waals surface area contributed by atoms with Crippen molar-refractivity contribution in [2.45, 2.75) is 18.3 Å². The second kappa shape index (κ2) is 6.66. The van der Waals surface area contributed by atoms with Crippen LogP contribution in [-0.4, -0.2) is 40.7 Å². The molecule has 1 heterocycles. The van der Waals surface area contributed by atoms with Crippen molar-refractivity contribution < 1.29 is 32.2 Å². The van der Waals surface area contributed by atoms with Crippen LogP contribution in [0.1, 0.15) is 22.3 Å². The Kier molecular flexibility index (Phi) is 4.64. The Morgan fingerprint density at radius 1 is 1.22 bits per heavy atom. The molecule has 1 aliphatic heterocycles. The molecule has 0 unspecified atom stereocenters. The number of hydrogen-bond acceptors (Lipinski definition) is 4. The molecule has 142 valence electrons. The van der Waals surface area contributed by atoms with Crippen molar-refractivity contribution in [3.8, 4) is 5.75 Å². The van der Waals surface area contributed by atoms with E-state index in [4.69, 9.17) is 4.74 Å². The van der Waals surface area contributed by atoms with Crippen LogP contribution in [0.3, 0.4) is 0 Å². The van der Waals surface area contributed by atoms with Crippen molar-refractivity contribution in [2.24, 2.45) is 5.10 Å². The van der Waals surface area contributed by atoms with Crippen molar-refractivity contribution >= 4 is 11.6 Å². The summed E-state index contributed by atoms with van der Waals surface area (Å²) in [6.07, 6.45) is -6.21. The smallest absolute Gasteiger partial charge is 0.438 e. The number of ether oxygens (including phenoxy) is 1. The minimum atomic E-state index is -5.21. The quantitative estimate of drug-likeness (QED) is 0.829. The van der Waals surface area contributed by atoms with Crippen molar-refractivity contribution in [1.82, 2.24) is 5.01 Å². The third-order valence-electron chi connectivity index (χ3n) is 4.14. The van der Waals surface area contributed by atoms with Gasteiger partial charge in [-0.2, -0.15) is 23.3 Å². The molecule has 0 saturated carbocycles. The average molecular weight is 382 g/mol. The number of aliphatic hydroxyl groups is 1. The number of hydrazone groups is 1. The number of halogens is 4. The number of carbonyl (C=O) groups excluding carboxylic acids is 1. The van der Waals surface area contributed by atoms with E-state index >= 15 is 0 Å². The lowest BCUT2D eigenvalue weighted by Crippen LogP contribution is -2.56. The summed E-state index contributed by atoms with van der Waals surface area (Å²) in [6, 6.07) is 10.5. The molecular weight excluding hydrogens is 368 g/mol. The molecule has 3 rings (SSSR count). The van der Waals surface area contributed by atoms with Crippen LogP contribution in [0, 0.1) is 5.82 Å². The summed E-state index contributed by atoms with van der Waals surface area (Å²) in [5.41, 5.74) is -4.17. The summed E-state index contributed by atoms with van der Waals surface area (Å²) in [5.74, 6) is -2.05. The van der Waals surface area contributed by atoms with Crippen molar-refractivity contribution in [3.05, 3.63) is 65.5 Å². The number of amides is 1. The first-order valence-corrected chi connectivity index (χ1v) is 7.77. The van der Waals surface area contributed by atoms with E-state index in [0.29, 0.717) is 5.75 Å². The number of methoxy groups -OCH3 is 1. The number of hydrogen-bond donors (Lipinski definition) is 1. The second-order valence-electron chi connectivity index (χ2n) is 5.87. The highest BCUT2D eigenvalue weighted by Crippen LogP contribution is 2.42. The van der Waals surface area contributed by atoms with Crippen LogP contribution in [0.4, 0.5) is 17.6 Å². The van der Waals surface area contributed by atoms with Crippen LogP contribution in [0.2, 0.25) is 0 Å². The number of benzene rings is 2. The predicted octanol–water partition coefficient (Wildman–Crippen LogP) is 3.34. The lowest BCUT2D eigenvalue weighted by Gasteiger charge is -2.32. The number of carbonyl (C=O) groups is 1. The molecule has 0 fully saturated rings. The largest absolute Gasteiger partial charge is 0.497 e. The molecule has 9 heteroatoms. The highest BCUT2D eigenvalue weighted by Gasteiger charge is 2.63. The van der Waals surface area contributed by atoms with Gasteiger partial charge in [0.2, 0.25) is 0 Å². The first-order chi connectivity index (χ1) is 12.7. The molecule has 2 aromatic carbocycles. The summed E-state index contributed by atoms with van der Waals surface area (Å²) in [6.45, 7) is 0. The third-order valence-corrected chi connectivity index (χ3v) is 4.14. The van der Waals surface area contributed by atoms with Gasteiger partial charge < -0.3 is 9.84 Å². The van der Waals surface area contributed by atoms with Gasteiger partial charge in [0, 0.05) is 5.56 Å². The van der Waals surface area contributed by atoms with Crippen LogP contribution < -0.4 is 4.74 Å². The van der Waals surface area contributed by atoms with Gasteiger partial charge in [-0.05, 0) is 24.3 Å². The second-order valence-corrected chi connectivity index (χ2v) is 5.87. The van der Waals surface area contributed by atoms with Crippen LogP contribution in [0.15, 0.2) is 53.6 Å². The van der Waals surface area contributed by atoms with Gasteiger partial charge in [-0.15, -0.1) is 0 Å². The maximum atomic E-state index is 13.9. The Bertz CT molecular complexity index is 913. The summed E-state index contributed by atoms with van der Waals surface area (Å²) in [4.78, 5) is 12.5. The van der Waals surface area contributed by atoms with Crippen LogP contribution in [0.25, 0.3) is 0 Å². The molecule has 1 amide bonds. The van der Waals surface area contributed by atoms with Gasteiger partial charge in [0.25, 0.3) is 11.6 Å². The molecular formula is C18H14F4N2O3. The van der Waals surface area contributed by atoms with E-state index in [1.165, 1.54) is 37.4 Å². The third kappa shape index (κ3) is 3.25. The molecule has 1 N–H and O–H groups in total. The summed E-state index contributed by atoms with van der Waals surface area (Å²) < 4.78 is 59.6. The molecule has 0 aliphatic carbocycles. The maximum Gasteiger partial charge on any atom is 0.438 e. The van der Waals surface area contributed by atoms with E-state index in [-0.39, 0.29) is 16.3 Å². The van der Waals surface area contributed by atoms with Gasteiger partial charge in [-0.1, -0.05) is 24.3 Å². The van der Waals surface area contributed by atoms with Gasteiger partial charge >= 0.3 is 6.18 Å². The fourth-order valence-electron chi connectivity index (χ4n) is 2.69. The molecule has 0 radical (unpaired) electrons. The monoisotopic (exact) mass is 382 g/mol. The van der Waals surface area contributed by atoms with Crippen LogP contribution >= 0.6 is 0 Å². The van der Waals surface area contributed by atoms with Crippen molar-refractivity contribution in [3.63, 3.8) is 0 Å². The lowest BCUT2D eigenvalue weighted by atomic mass is 10.0.